The lowest BCUT2D eigenvalue weighted by Crippen LogP contribution is -2.23. The first-order valence-electron chi connectivity index (χ1n) is 5.71. The Balaban J connectivity index is 3.06. The van der Waals surface area contributed by atoms with Crippen molar-refractivity contribution >= 4 is 35.0 Å². The quantitative estimate of drug-likeness (QED) is 0.511. The van der Waals surface area contributed by atoms with Crippen LogP contribution in [0.25, 0.3) is 0 Å². The average molecular weight is 343 g/mol. The van der Waals surface area contributed by atoms with Crippen LogP contribution in [0.5, 0.6) is 0 Å². The predicted molar refractivity (Wildman–Crippen MR) is 73.6 cm³/mol. The topological polar surface area (TPSA) is 50.7 Å². The van der Waals surface area contributed by atoms with Crippen molar-refractivity contribution < 1.29 is 22.7 Å². The summed E-state index contributed by atoms with van der Waals surface area (Å²) < 4.78 is 42.5. The van der Waals surface area contributed by atoms with E-state index in [2.05, 4.69) is 9.84 Å². The summed E-state index contributed by atoms with van der Waals surface area (Å²) in [5.74, 6) is 0. The van der Waals surface area contributed by atoms with Crippen molar-refractivity contribution in [2.75, 3.05) is 6.61 Å². The van der Waals surface area contributed by atoms with Crippen LogP contribution in [0.2, 0.25) is 0 Å². The Morgan fingerprint density at radius 2 is 2.10 bits per heavy atom. The lowest BCUT2D eigenvalue weighted by Gasteiger charge is -2.11. The Morgan fingerprint density at radius 3 is 2.62 bits per heavy atom. The monoisotopic (exact) mass is 342 g/mol. The van der Waals surface area contributed by atoms with Crippen LogP contribution in [-0.4, -0.2) is 23.2 Å². The normalized spacial score (nSPS) is 12.4. The predicted octanol–water partition coefficient (Wildman–Crippen LogP) is 3.96. The van der Waals surface area contributed by atoms with Crippen molar-refractivity contribution in [1.82, 2.24) is 5.43 Å². The number of rotatable bonds is 4. The molecule has 4 nitrogen and oxygen atoms in total. The Morgan fingerprint density at radius 1 is 1.43 bits per heavy atom. The fourth-order valence-corrected chi connectivity index (χ4v) is 1.71. The van der Waals surface area contributed by atoms with Crippen LogP contribution in [0.1, 0.15) is 18.1 Å². The van der Waals surface area contributed by atoms with Gasteiger partial charge in [-0.1, -0.05) is 35.3 Å². The van der Waals surface area contributed by atoms with Gasteiger partial charge in [-0.25, -0.2) is 10.2 Å². The van der Waals surface area contributed by atoms with Gasteiger partial charge in [0.2, 0.25) is 0 Å². The first-order valence-corrected chi connectivity index (χ1v) is 6.59. The smallest absolute Gasteiger partial charge is 0.427 e. The molecule has 0 spiro atoms. The molecule has 0 saturated heterocycles. The first kappa shape index (κ1) is 17.6. The van der Waals surface area contributed by atoms with Gasteiger partial charge in [0.25, 0.3) is 0 Å². The third kappa shape index (κ3) is 5.43. The fourth-order valence-electron chi connectivity index (χ4n) is 1.36. The zero-order valence-corrected chi connectivity index (χ0v) is 12.3. The van der Waals surface area contributed by atoms with Crippen LogP contribution in [0.15, 0.2) is 29.4 Å². The molecule has 0 atom stereocenters. The van der Waals surface area contributed by atoms with Crippen molar-refractivity contribution in [3.8, 4) is 0 Å². The third-order valence-corrected chi connectivity index (χ3v) is 2.65. The van der Waals surface area contributed by atoms with Crippen molar-refractivity contribution in [1.29, 1.82) is 0 Å². The average Bonchev–Trinajstić information content (AvgIpc) is 2.38. The molecule has 0 fully saturated rings. The summed E-state index contributed by atoms with van der Waals surface area (Å²) in [5, 5.41) is 3.60. The van der Waals surface area contributed by atoms with Gasteiger partial charge in [-0.05, 0) is 19.1 Å². The third-order valence-electron chi connectivity index (χ3n) is 2.24. The Kier molecular flexibility index (Phi) is 6.29. The van der Waals surface area contributed by atoms with Crippen LogP contribution in [0, 0.1) is 0 Å². The molecule has 0 aliphatic rings. The van der Waals surface area contributed by atoms with Gasteiger partial charge >= 0.3 is 12.3 Å². The zero-order chi connectivity index (χ0) is 16.0. The number of carbonyl (C=O) groups is 1. The number of carbonyl (C=O) groups excluding carboxylic acids is 1. The number of hydrazone groups is 1. The van der Waals surface area contributed by atoms with E-state index in [1.807, 2.05) is 5.43 Å². The molecule has 0 bridgehead atoms. The van der Waals surface area contributed by atoms with E-state index in [0.717, 1.165) is 12.1 Å². The number of amides is 1. The Bertz CT molecular complexity index is 533. The minimum absolute atomic E-state index is 0.0385. The van der Waals surface area contributed by atoms with E-state index in [0.29, 0.717) is 0 Å². The van der Waals surface area contributed by atoms with Gasteiger partial charge in [0.1, 0.15) is 5.71 Å². The molecule has 0 unspecified atom stereocenters. The van der Waals surface area contributed by atoms with Crippen LogP contribution >= 0.6 is 23.2 Å². The number of benzene rings is 1. The number of halogens is 5. The largest absolute Gasteiger partial charge is 0.449 e. The molecule has 0 aliphatic heterocycles. The Labute approximate surface area is 128 Å². The molecule has 116 valence electrons. The summed E-state index contributed by atoms with van der Waals surface area (Å²) in [5.41, 5.74) is 1.03. The molecule has 0 aliphatic carbocycles. The second-order valence-electron chi connectivity index (χ2n) is 3.71. The van der Waals surface area contributed by atoms with Gasteiger partial charge in [0.15, 0.2) is 4.84 Å². The van der Waals surface area contributed by atoms with E-state index in [9.17, 15) is 18.0 Å². The molecule has 21 heavy (non-hydrogen) atoms. The maximum Gasteiger partial charge on any atom is 0.427 e. The van der Waals surface area contributed by atoms with Crippen molar-refractivity contribution in [2.45, 2.75) is 17.9 Å². The van der Waals surface area contributed by atoms with Crippen LogP contribution in [-0.2, 0) is 10.9 Å². The van der Waals surface area contributed by atoms with Gasteiger partial charge < -0.3 is 4.74 Å². The molecule has 1 amide bonds. The fraction of sp³-hybridized carbons (Fsp3) is 0.333. The van der Waals surface area contributed by atoms with Gasteiger partial charge in [0, 0.05) is 5.56 Å². The lowest BCUT2D eigenvalue weighted by atomic mass is 10.1. The highest BCUT2D eigenvalue weighted by Crippen LogP contribution is 2.30. The molecule has 1 rings (SSSR count). The highest BCUT2D eigenvalue weighted by Gasteiger charge is 2.31. The van der Waals surface area contributed by atoms with Gasteiger partial charge in [-0.15, -0.1) is 0 Å². The molecule has 0 aromatic heterocycles. The number of nitrogens with zero attached hydrogens (tertiary/aromatic N) is 1. The summed E-state index contributed by atoms with van der Waals surface area (Å²) in [6.45, 7) is 1.70. The van der Waals surface area contributed by atoms with Crippen LogP contribution < -0.4 is 5.43 Å². The number of alkyl halides is 5. The summed E-state index contributed by atoms with van der Waals surface area (Å²) in [6.07, 6.45) is -5.37. The molecule has 1 aromatic rings. The van der Waals surface area contributed by atoms with Crippen LogP contribution in [0.3, 0.4) is 0 Å². The summed E-state index contributed by atoms with van der Waals surface area (Å²) in [4.78, 5) is 9.89. The lowest BCUT2D eigenvalue weighted by molar-refractivity contribution is -0.137. The number of nitrogens with one attached hydrogen (secondary N) is 1. The molecular formula is C12H11Cl2F3N2O2. The van der Waals surface area contributed by atoms with Gasteiger partial charge in [-0.2, -0.15) is 18.3 Å². The SMILES string of the molecule is CCOC(=O)N/N=C(/c1cccc(C(F)(F)F)c1)C(Cl)Cl. The molecule has 1 aromatic carbocycles. The molecular weight excluding hydrogens is 332 g/mol. The van der Waals surface area contributed by atoms with E-state index < -0.39 is 22.7 Å². The maximum atomic E-state index is 12.7. The van der Waals surface area contributed by atoms with Crippen molar-refractivity contribution in [3.63, 3.8) is 0 Å². The number of hydrogen-bond donors (Lipinski definition) is 1. The minimum Gasteiger partial charge on any atom is -0.449 e. The van der Waals surface area contributed by atoms with Crippen LogP contribution in [0.4, 0.5) is 18.0 Å². The summed E-state index contributed by atoms with van der Waals surface area (Å²) in [6, 6.07) is 4.27. The standard InChI is InChI=1S/C12H11Cl2F3N2O2/c1-2-21-11(20)19-18-9(10(13)14)7-4-3-5-8(6-7)12(15,16)17/h3-6,10H,2H2,1H3,(H,19,20)/b18-9-. The second kappa shape index (κ2) is 7.51. The van der Waals surface area contributed by atoms with E-state index in [1.165, 1.54) is 12.1 Å². The maximum absolute atomic E-state index is 12.7. The highest BCUT2D eigenvalue weighted by molar-refractivity contribution is 6.56. The molecule has 0 radical (unpaired) electrons. The van der Waals surface area contributed by atoms with Crippen molar-refractivity contribution in [2.24, 2.45) is 5.10 Å². The Hall–Kier alpha value is -1.47. The van der Waals surface area contributed by atoms with E-state index in [-0.39, 0.29) is 17.9 Å². The highest BCUT2D eigenvalue weighted by atomic mass is 35.5. The summed E-state index contributed by atoms with van der Waals surface area (Å²) in [7, 11) is 0. The molecule has 9 heteroatoms. The minimum atomic E-state index is -4.51. The number of ether oxygens (including phenoxy) is 1. The zero-order valence-electron chi connectivity index (χ0n) is 10.7. The van der Waals surface area contributed by atoms with E-state index >= 15 is 0 Å². The first-order chi connectivity index (χ1) is 9.75. The van der Waals surface area contributed by atoms with Gasteiger partial charge in [0.05, 0.1) is 12.2 Å². The van der Waals surface area contributed by atoms with E-state index in [4.69, 9.17) is 23.2 Å². The molecule has 1 N–H and O–H groups in total. The molecule has 0 heterocycles. The molecule has 0 saturated carbocycles. The summed E-state index contributed by atoms with van der Waals surface area (Å²) >= 11 is 11.3. The second-order valence-corrected chi connectivity index (χ2v) is 4.80. The van der Waals surface area contributed by atoms with Crippen molar-refractivity contribution in [3.05, 3.63) is 35.4 Å². The van der Waals surface area contributed by atoms with E-state index in [1.54, 1.807) is 6.92 Å². The van der Waals surface area contributed by atoms with Gasteiger partial charge in [-0.3, -0.25) is 0 Å². The number of hydrogen-bond acceptors (Lipinski definition) is 3.